The van der Waals surface area contributed by atoms with Crippen LogP contribution in [-0.2, 0) is 9.31 Å². The molecule has 3 nitrogen and oxygen atoms in total. The molecular formula is C12H13BClNO2. The van der Waals surface area contributed by atoms with Gasteiger partial charge in [-0.05, 0) is 31.4 Å². The lowest BCUT2D eigenvalue weighted by molar-refractivity contribution is 0.137. The fourth-order valence-electron chi connectivity index (χ4n) is 2.06. The van der Waals surface area contributed by atoms with Crippen molar-refractivity contribution in [3.8, 4) is 0 Å². The van der Waals surface area contributed by atoms with E-state index in [1.165, 1.54) is 0 Å². The van der Waals surface area contributed by atoms with E-state index in [0.717, 1.165) is 16.4 Å². The lowest BCUT2D eigenvalue weighted by Gasteiger charge is -2.15. The molecule has 1 N–H and O–H groups in total. The number of aromatic amines is 1. The van der Waals surface area contributed by atoms with Gasteiger partial charge in [-0.2, -0.15) is 0 Å². The molecular weight excluding hydrogens is 236 g/mol. The first-order valence-corrected chi connectivity index (χ1v) is 5.99. The molecule has 5 heteroatoms. The zero-order chi connectivity index (χ0) is 12.0. The van der Waals surface area contributed by atoms with E-state index in [4.69, 9.17) is 20.9 Å². The second kappa shape index (κ2) is 3.77. The number of halogens is 1. The standard InChI is InChI=1S/C12H13BClNO2/c1-12(2)7-16-13(17-12)9-5-8-3-4-15-11(8)6-10(9)14/h3-6,15H,7H2,1-2H3. The molecule has 2 heterocycles. The maximum Gasteiger partial charge on any atom is 0.495 e. The molecule has 0 amide bonds. The summed E-state index contributed by atoms with van der Waals surface area (Å²) in [7, 11) is -0.364. The van der Waals surface area contributed by atoms with Crippen LogP contribution in [0.2, 0.25) is 5.02 Å². The predicted octanol–water partition coefficient (Wildman–Crippen LogP) is 2.34. The highest BCUT2D eigenvalue weighted by Gasteiger charge is 2.39. The van der Waals surface area contributed by atoms with Crippen molar-refractivity contribution in [1.82, 2.24) is 4.98 Å². The number of aromatic nitrogens is 1. The van der Waals surface area contributed by atoms with Crippen LogP contribution in [0.1, 0.15) is 13.8 Å². The zero-order valence-corrected chi connectivity index (χ0v) is 10.5. The largest absolute Gasteiger partial charge is 0.495 e. The molecule has 17 heavy (non-hydrogen) atoms. The van der Waals surface area contributed by atoms with E-state index in [9.17, 15) is 0 Å². The van der Waals surface area contributed by atoms with Crippen LogP contribution in [-0.4, -0.2) is 24.3 Å². The SMILES string of the molecule is CC1(C)COB(c2cc3cc[nH]c3cc2Cl)O1. The molecule has 0 aliphatic carbocycles. The van der Waals surface area contributed by atoms with E-state index in [1.807, 2.05) is 38.2 Å². The molecule has 3 rings (SSSR count). The van der Waals surface area contributed by atoms with Gasteiger partial charge in [0.1, 0.15) is 0 Å². The lowest BCUT2D eigenvalue weighted by atomic mass is 9.78. The van der Waals surface area contributed by atoms with Gasteiger partial charge in [0.05, 0.1) is 12.2 Å². The average molecular weight is 250 g/mol. The maximum atomic E-state index is 6.25. The monoisotopic (exact) mass is 249 g/mol. The van der Waals surface area contributed by atoms with Gasteiger partial charge in [-0.25, -0.2) is 0 Å². The first-order chi connectivity index (χ1) is 8.05. The van der Waals surface area contributed by atoms with Crippen LogP contribution in [0, 0.1) is 0 Å². The topological polar surface area (TPSA) is 34.2 Å². The first-order valence-electron chi connectivity index (χ1n) is 5.61. The molecule has 1 saturated heterocycles. The van der Waals surface area contributed by atoms with Gasteiger partial charge in [0.15, 0.2) is 0 Å². The van der Waals surface area contributed by atoms with Crippen LogP contribution in [0.4, 0.5) is 0 Å². The molecule has 1 aliphatic heterocycles. The van der Waals surface area contributed by atoms with Crippen LogP contribution < -0.4 is 5.46 Å². The Morgan fingerprint density at radius 1 is 1.41 bits per heavy atom. The number of nitrogens with one attached hydrogen (secondary N) is 1. The van der Waals surface area contributed by atoms with Gasteiger partial charge >= 0.3 is 7.12 Å². The van der Waals surface area contributed by atoms with Crippen LogP contribution in [0.3, 0.4) is 0 Å². The predicted molar refractivity (Wildman–Crippen MR) is 69.8 cm³/mol. The van der Waals surface area contributed by atoms with E-state index in [1.54, 1.807) is 0 Å². The van der Waals surface area contributed by atoms with Crippen LogP contribution in [0.25, 0.3) is 10.9 Å². The van der Waals surface area contributed by atoms with E-state index in [-0.39, 0.29) is 12.7 Å². The molecule has 0 bridgehead atoms. The second-order valence-corrected chi connectivity index (χ2v) is 5.37. The van der Waals surface area contributed by atoms with Crippen molar-refractivity contribution in [3.05, 3.63) is 29.4 Å². The normalized spacial score (nSPS) is 19.1. The minimum atomic E-state index is -0.364. The minimum Gasteiger partial charge on any atom is -0.404 e. The average Bonchev–Trinajstić information content (AvgIpc) is 2.82. The first kappa shape index (κ1) is 11.1. The third-order valence-corrected chi connectivity index (χ3v) is 3.26. The van der Waals surface area contributed by atoms with Gasteiger partial charge in [0.2, 0.25) is 0 Å². The molecule has 2 aromatic rings. The summed E-state index contributed by atoms with van der Waals surface area (Å²) in [6, 6.07) is 5.93. The van der Waals surface area contributed by atoms with Gasteiger partial charge in [0, 0.05) is 22.2 Å². The van der Waals surface area contributed by atoms with Gasteiger partial charge < -0.3 is 14.3 Å². The van der Waals surface area contributed by atoms with Gasteiger partial charge in [0.25, 0.3) is 0 Å². The molecule has 0 radical (unpaired) electrons. The molecule has 0 saturated carbocycles. The fraction of sp³-hybridized carbons (Fsp3) is 0.333. The van der Waals surface area contributed by atoms with Crippen molar-refractivity contribution in [1.29, 1.82) is 0 Å². The molecule has 1 aromatic heterocycles. The van der Waals surface area contributed by atoms with E-state index in [0.29, 0.717) is 11.6 Å². The van der Waals surface area contributed by atoms with Crippen LogP contribution >= 0.6 is 11.6 Å². The summed E-state index contributed by atoms with van der Waals surface area (Å²) in [4.78, 5) is 3.13. The van der Waals surface area contributed by atoms with Crippen molar-refractivity contribution in [3.63, 3.8) is 0 Å². The Morgan fingerprint density at radius 2 is 2.24 bits per heavy atom. The molecule has 0 atom stereocenters. The Bertz CT molecular complexity index is 567. The summed E-state index contributed by atoms with van der Waals surface area (Å²) in [6.07, 6.45) is 1.89. The molecule has 88 valence electrons. The Morgan fingerprint density at radius 3 is 2.94 bits per heavy atom. The Balaban J connectivity index is 2.02. The van der Waals surface area contributed by atoms with E-state index in [2.05, 4.69) is 4.98 Å². The summed E-state index contributed by atoms with van der Waals surface area (Å²) in [6.45, 7) is 4.60. The van der Waals surface area contributed by atoms with Crippen molar-refractivity contribution >= 4 is 35.1 Å². The van der Waals surface area contributed by atoms with E-state index < -0.39 is 0 Å². The molecule has 0 spiro atoms. The highest BCUT2D eigenvalue weighted by molar-refractivity contribution is 6.65. The lowest BCUT2D eigenvalue weighted by Crippen LogP contribution is -2.35. The third kappa shape index (κ3) is 1.97. The number of hydrogen-bond donors (Lipinski definition) is 1. The number of hydrogen-bond acceptors (Lipinski definition) is 2. The summed E-state index contributed by atoms with van der Waals surface area (Å²) in [5, 5.41) is 1.78. The summed E-state index contributed by atoms with van der Waals surface area (Å²) < 4.78 is 11.5. The summed E-state index contributed by atoms with van der Waals surface area (Å²) in [5.74, 6) is 0. The van der Waals surface area contributed by atoms with Crippen molar-refractivity contribution in [2.24, 2.45) is 0 Å². The van der Waals surface area contributed by atoms with Crippen molar-refractivity contribution in [2.45, 2.75) is 19.4 Å². The summed E-state index contributed by atoms with van der Waals surface area (Å²) in [5.41, 5.74) is 1.67. The highest BCUT2D eigenvalue weighted by atomic mass is 35.5. The molecule has 1 aliphatic rings. The molecule has 1 aromatic carbocycles. The van der Waals surface area contributed by atoms with Crippen molar-refractivity contribution < 1.29 is 9.31 Å². The second-order valence-electron chi connectivity index (χ2n) is 4.96. The Hall–Kier alpha value is -0.965. The smallest absolute Gasteiger partial charge is 0.404 e. The number of benzene rings is 1. The van der Waals surface area contributed by atoms with Crippen LogP contribution in [0.5, 0.6) is 0 Å². The highest BCUT2D eigenvalue weighted by Crippen LogP contribution is 2.23. The third-order valence-electron chi connectivity index (χ3n) is 2.93. The number of fused-ring (bicyclic) bond motifs is 1. The van der Waals surface area contributed by atoms with E-state index >= 15 is 0 Å². The Kier molecular flexibility index (Phi) is 2.47. The fourth-order valence-corrected chi connectivity index (χ4v) is 2.31. The minimum absolute atomic E-state index is 0.249. The Labute approximate surface area is 105 Å². The number of H-pyrrole nitrogens is 1. The van der Waals surface area contributed by atoms with Crippen LogP contribution in [0.15, 0.2) is 24.4 Å². The zero-order valence-electron chi connectivity index (χ0n) is 9.79. The van der Waals surface area contributed by atoms with Gasteiger partial charge in [-0.3, -0.25) is 0 Å². The van der Waals surface area contributed by atoms with Crippen molar-refractivity contribution in [2.75, 3.05) is 6.61 Å². The quantitative estimate of drug-likeness (QED) is 0.787. The number of rotatable bonds is 1. The van der Waals surface area contributed by atoms with Gasteiger partial charge in [-0.1, -0.05) is 17.7 Å². The maximum absolute atomic E-state index is 6.25. The molecule has 1 fully saturated rings. The van der Waals surface area contributed by atoms with Gasteiger partial charge in [-0.15, -0.1) is 0 Å². The summed E-state index contributed by atoms with van der Waals surface area (Å²) >= 11 is 6.25. The molecule has 0 unspecified atom stereocenters.